The summed E-state index contributed by atoms with van der Waals surface area (Å²) in [6.07, 6.45) is 0.440. The Morgan fingerprint density at radius 2 is 1.78 bits per heavy atom. The number of aromatic nitrogens is 2. The molecule has 2 heterocycles. The molecule has 3 aromatic rings. The molecule has 1 aromatic heterocycles. The van der Waals surface area contributed by atoms with E-state index in [2.05, 4.69) is 58.8 Å². The summed E-state index contributed by atoms with van der Waals surface area (Å²) in [6.45, 7) is 2.07. The maximum atomic E-state index is 12.1. The highest BCUT2D eigenvalue weighted by Gasteiger charge is 2.31. The van der Waals surface area contributed by atoms with Gasteiger partial charge in [-0.15, -0.1) is 0 Å². The number of aryl methyl sites for hydroxylation is 1. The van der Waals surface area contributed by atoms with Gasteiger partial charge in [0, 0.05) is 17.9 Å². The number of H-pyrrole nitrogens is 1. The topological polar surface area (TPSA) is 57.8 Å². The molecule has 0 spiro atoms. The standard InChI is InChI=1S/C19H17N3O/c1-12-7-9-13(10-8-12)15-11-16(23)20-19-17(15)18(21-22-19)14-5-3-2-4-6-14/h2-10,15H,11H2,1H3,(H2,20,21,22,23)/t15-/m1/s1. The Morgan fingerprint density at radius 3 is 2.52 bits per heavy atom. The van der Waals surface area contributed by atoms with Crippen LogP contribution in [-0.2, 0) is 4.79 Å². The molecule has 2 N–H and O–H groups in total. The van der Waals surface area contributed by atoms with Gasteiger partial charge in [0.05, 0.1) is 5.69 Å². The lowest BCUT2D eigenvalue weighted by Crippen LogP contribution is -2.23. The Kier molecular flexibility index (Phi) is 3.23. The third-order valence-electron chi connectivity index (χ3n) is 4.34. The number of carbonyl (C=O) groups is 1. The van der Waals surface area contributed by atoms with Crippen molar-refractivity contribution in [2.45, 2.75) is 19.3 Å². The van der Waals surface area contributed by atoms with Crippen LogP contribution in [0, 0.1) is 6.92 Å². The van der Waals surface area contributed by atoms with E-state index in [1.807, 2.05) is 18.2 Å². The Hall–Kier alpha value is -2.88. The smallest absolute Gasteiger partial charge is 0.226 e. The van der Waals surface area contributed by atoms with Crippen LogP contribution < -0.4 is 5.32 Å². The first-order valence-corrected chi connectivity index (χ1v) is 7.72. The largest absolute Gasteiger partial charge is 0.309 e. The van der Waals surface area contributed by atoms with Crippen LogP contribution in [0.1, 0.15) is 29.0 Å². The van der Waals surface area contributed by atoms with Crippen LogP contribution in [0.25, 0.3) is 11.3 Å². The van der Waals surface area contributed by atoms with Crippen molar-refractivity contribution in [2.75, 3.05) is 5.32 Å². The molecule has 0 saturated heterocycles. The van der Waals surface area contributed by atoms with E-state index in [1.54, 1.807) is 0 Å². The summed E-state index contributed by atoms with van der Waals surface area (Å²) < 4.78 is 0. The summed E-state index contributed by atoms with van der Waals surface area (Å²) in [7, 11) is 0. The number of amides is 1. The first kappa shape index (κ1) is 13.8. The van der Waals surface area contributed by atoms with Crippen molar-refractivity contribution in [2.24, 2.45) is 0 Å². The third-order valence-corrected chi connectivity index (χ3v) is 4.34. The molecule has 4 heteroatoms. The van der Waals surface area contributed by atoms with E-state index in [0.717, 1.165) is 22.4 Å². The zero-order valence-corrected chi connectivity index (χ0v) is 12.8. The summed E-state index contributed by atoms with van der Waals surface area (Å²) in [5.41, 5.74) is 5.48. The zero-order valence-electron chi connectivity index (χ0n) is 12.8. The molecule has 0 aliphatic carbocycles. The molecule has 1 aliphatic rings. The second-order valence-electron chi connectivity index (χ2n) is 5.94. The first-order valence-electron chi connectivity index (χ1n) is 7.72. The monoisotopic (exact) mass is 303 g/mol. The van der Waals surface area contributed by atoms with Crippen LogP contribution in [0.5, 0.6) is 0 Å². The van der Waals surface area contributed by atoms with Crippen molar-refractivity contribution in [1.29, 1.82) is 0 Å². The van der Waals surface area contributed by atoms with Gasteiger partial charge in [0.25, 0.3) is 0 Å². The van der Waals surface area contributed by atoms with Crippen molar-refractivity contribution in [3.8, 4) is 11.3 Å². The molecule has 0 bridgehead atoms. The van der Waals surface area contributed by atoms with Crippen molar-refractivity contribution in [3.05, 3.63) is 71.3 Å². The van der Waals surface area contributed by atoms with Crippen molar-refractivity contribution < 1.29 is 4.79 Å². The summed E-state index contributed by atoms with van der Waals surface area (Å²) in [5.74, 6) is 0.674. The van der Waals surface area contributed by atoms with Gasteiger partial charge in [-0.3, -0.25) is 9.89 Å². The number of carbonyl (C=O) groups excluding carboxylic acids is 1. The number of rotatable bonds is 2. The first-order chi connectivity index (χ1) is 11.2. The highest BCUT2D eigenvalue weighted by molar-refractivity contribution is 5.96. The van der Waals surface area contributed by atoms with Crippen LogP contribution >= 0.6 is 0 Å². The number of benzene rings is 2. The van der Waals surface area contributed by atoms with Crippen molar-refractivity contribution >= 4 is 11.7 Å². The number of fused-ring (bicyclic) bond motifs is 1. The maximum Gasteiger partial charge on any atom is 0.226 e. The Balaban J connectivity index is 1.86. The molecular formula is C19H17N3O. The van der Waals surface area contributed by atoms with Gasteiger partial charge in [-0.25, -0.2) is 0 Å². The predicted octanol–water partition coefficient (Wildman–Crippen LogP) is 3.86. The van der Waals surface area contributed by atoms with Gasteiger partial charge < -0.3 is 5.32 Å². The summed E-state index contributed by atoms with van der Waals surface area (Å²) in [6, 6.07) is 18.5. The average Bonchev–Trinajstić information content (AvgIpc) is 2.99. The van der Waals surface area contributed by atoms with Gasteiger partial charge in [0.2, 0.25) is 5.91 Å². The molecule has 1 aliphatic heterocycles. The number of anilines is 1. The van der Waals surface area contributed by atoms with Crippen molar-refractivity contribution in [3.63, 3.8) is 0 Å². The number of nitrogens with one attached hydrogen (secondary N) is 2. The zero-order chi connectivity index (χ0) is 15.8. The average molecular weight is 303 g/mol. The Morgan fingerprint density at radius 1 is 1.04 bits per heavy atom. The summed E-state index contributed by atoms with van der Waals surface area (Å²) in [5, 5.41) is 10.3. The minimum absolute atomic E-state index is 0.00851. The number of aromatic amines is 1. The van der Waals surface area contributed by atoms with E-state index in [4.69, 9.17) is 0 Å². The Labute approximate surface area is 134 Å². The van der Waals surface area contributed by atoms with E-state index in [0.29, 0.717) is 12.2 Å². The molecule has 2 aromatic carbocycles. The fourth-order valence-corrected chi connectivity index (χ4v) is 3.16. The Bertz CT molecular complexity index is 850. The lowest BCUT2D eigenvalue weighted by atomic mass is 9.84. The van der Waals surface area contributed by atoms with Gasteiger partial charge in [0.15, 0.2) is 5.82 Å². The quantitative estimate of drug-likeness (QED) is 0.755. The van der Waals surface area contributed by atoms with Crippen LogP contribution in [0.15, 0.2) is 54.6 Å². The molecule has 1 amide bonds. The molecule has 0 radical (unpaired) electrons. The van der Waals surface area contributed by atoms with Crippen LogP contribution in [-0.4, -0.2) is 16.1 Å². The lowest BCUT2D eigenvalue weighted by Gasteiger charge is -2.23. The summed E-state index contributed by atoms with van der Waals surface area (Å²) >= 11 is 0. The van der Waals surface area contributed by atoms with Gasteiger partial charge >= 0.3 is 0 Å². The highest BCUT2D eigenvalue weighted by atomic mass is 16.1. The number of nitrogens with zero attached hydrogens (tertiary/aromatic N) is 1. The fraction of sp³-hybridized carbons (Fsp3) is 0.158. The van der Waals surface area contributed by atoms with E-state index >= 15 is 0 Å². The molecule has 4 rings (SSSR count). The van der Waals surface area contributed by atoms with E-state index in [1.165, 1.54) is 5.56 Å². The minimum Gasteiger partial charge on any atom is -0.309 e. The van der Waals surface area contributed by atoms with E-state index in [9.17, 15) is 4.79 Å². The minimum atomic E-state index is 0.00851. The third kappa shape index (κ3) is 2.42. The van der Waals surface area contributed by atoms with E-state index < -0.39 is 0 Å². The number of hydrogen-bond acceptors (Lipinski definition) is 2. The van der Waals surface area contributed by atoms with Crippen LogP contribution in [0.3, 0.4) is 0 Å². The molecule has 0 unspecified atom stereocenters. The molecule has 1 atom stereocenters. The molecular weight excluding hydrogens is 286 g/mol. The number of hydrogen-bond donors (Lipinski definition) is 2. The molecule has 0 fully saturated rings. The normalized spacial score (nSPS) is 16.7. The van der Waals surface area contributed by atoms with Crippen LogP contribution in [0.4, 0.5) is 5.82 Å². The molecule has 0 saturated carbocycles. The molecule has 114 valence electrons. The predicted molar refractivity (Wildman–Crippen MR) is 90.3 cm³/mol. The van der Waals surface area contributed by atoms with Gasteiger partial charge in [0.1, 0.15) is 0 Å². The van der Waals surface area contributed by atoms with Crippen LogP contribution in [0.2, 0.25) is 0 Å². The van der Waals surface area contributed by atoms with Gasteiger partial charge in [-0.05, 0) is 18.1 Å². The van der Waals surface area contributed by atoms with Gasteiger partial charge in [-0.2, -0.15) is 5.10 Å². The second kappa shape index (κ2) is 5.39. The molecule has 23 heavy (non-hydrogen) atoms. The van der Waals surface area contributed by atoms with E-state index in [-0.39, 0.29) is 11.8 Å². The van der Waals surface area contributed by atoms with Gasteiger partial charge in [-0.1, -0.05) is 60.2 Å². The highest BCUT2D eigenvalue weighted by Crippen LogP contribution is 2.41. The second-order valence-corrected chi connectivity index (χ2v) is 5.94. The maximum absolute atomic E-state index is 12.1. The fourth-order valence-electron chi connectivity index (χ4n) is 3.16. The molecule has 4 nitrogen and oxygen atoms in total. The SMILES string of the molecule is Cc1ccc([C@H]2CC(=O)Nc3n[nH]c(-c4ccccc4)c32)cc1. The van der Waals surface area contributed by atoms with Crippen molar-refractivity contribution in [1.82, 2.24) is 10.2 Å². The lowest BCUT2D eigenvalue weighted by molar-refractivity contribution is -0.116. The summed E-state index contributed by atoms with van der Waals surface area (Å²) in [4.78, 5) is 12.1.